The number of hydrogen-bond acceptors (Lipinski definition) is 3. The maximum Gasteiger partial charge on any atom is 0.213 e. The highest BCUT2D eigenvalue weighted by Crippen LogP contribution is 2.15. The predicted molar refractivity (Wildman–Crippen MR) is 71.1 cm³/mol. The van der Waals surface area contributed by atoms with Crippen LogP contribution in [0.3, 0.4) is 0 Å². The van der Waals surface area contributed by atoms with E-state index in [-0.39, 0.29) is 0 Å². The van der Waals surface area contributed by atoms with Crippen molar-refractivity contribution >= 4 is 11.6 Å². The minimum Gasteiger partial charge on any atom is -0.497 e. The minimum absolute atomic E-state index is 0.460. The van der Waals surface area contributed by atoms with E-state index in [0.29, 0.717) is 18.4 Å². The zero-order valence-electron chi connectivity index (χ0n) is 10.1. The molecule has 0 saturated heterocycles. The first-order valence-electron chi connectivity index (χ1n) is 5.58. The Kier molecular flexibility index (Phi) is 4.42. The Morgan fingerprint density at radius 2 is 1.89 bits per heavy atom. The fourth-order valence-corrected chi connectivity index (χ4v) is 1.66. The summed E-state index contributed by atoms with van der Waals surface area (Å²) in [6, 6.07) is 11.4. The molecule has 2 aromatic rings. The van der Waals surface area contributed by atoms with Gasteiger partial charge in [-0.3, -0.25) is 0 Å². The fourth-order valence-electron chi connectivity index (χ4n) is 1.49. The molecule has 0 saturated carbocycles. The molecule has 0 amide bonds. The molecule has 0 radical (unpaired) electrons. The summed E-state index contributed by atoms with van der Waals surface area (Å²) in [7, 11) is 1.65. The highest BCUT2D eigenvalue weighted by molar-refractivity contribution is 6.17. The van der Waals surface area contributed by atoms with Crippen molar-refractivity contribution in [2.45, 2.75) is 12.5 Å². The van der Waals surface area contributed by atoms with Crippen LogP contribution < -0.4 is 9.47 Å². The van der Waals surface area contributed by atoms with Gasteiger partial charge in [0.05, 0.1) is 7.11 Å². The Balaban J connectivity index is 1.97. The van der Waals surface area contributed by atoms with E-state index in [2.05, 4.69) is 4.98 Å². The summed E-state index contributed by atoms with van der Waals surface area (Å²) < 4.78 is 10.7. The molecule has 0 aliphatic rings. The maximum atomic E-state index is 5.75. The molecule has 0 fully saturated rings. The van der Waals surface area contributed by atoms with Crippen LogP contribution in [0.2, 0.25) is 0 Å². The van der Waals surface area contributed by atoms with Crippen LogP contribution in [0, 0.1) is 0 Å². The first-order chi connectivity index (χ1) is 8.81. The number of rotatable bonds is 5. The van der Waals surface area contributed by atoms with Crippen molar-refractivity contribution in [2.75, 3.05) is 7.11 Å². The SMILES string of the molecule is COc1ccc(COc2cc(CCl)ccn2)cc1. The van der Waals surface area contributed by atoms with E-state index in [9.17, 15) is 0 Å². The van der Waals surface area contributed by atoms with Gasteiger partial charge in [0.15, 0.2) is 0 Å². The van der Waals surface area contributed by atoms with E-state index in [4.69, 9.17) is 21.1 Å². The second-order valence-corrected chi connectivity index (χ2v) is 4.04. The van der Waals surface area contributed by atoms with Crippen molar-refractivity contribution in [2.24, 2.45) is 0 Å². The quantitative estimate of drug-likeness (QED) is 0.775. The Bertz CT molecular complexity index is 499. The van der Waals surface area contributed by atoms with Gasteiger partial charge < -0.3 is 9.47 Å². The molecule has 0 aliphatic carbocycles. The van der Waals surface area contributed by atoms with Gasteiger partial charge in [0.1, 0.15) is 12.4 Å². The topological polar surface area (TPSA) is 31.4 Å². The molecule has 0 atom stereocenters. The lowest BCUT2D eigenvalue weighted by Gasteiger charge is -2.07. The molecule has 0 unspecified atom stereocenters. The van der Waals surface area contributed by atoms with E-state index in [1.807, 2.05) is 36.4 Å². The number of methoxy groups -OCH3 is 1. The summed E-state index contributed by atoms with van der Waals surface area (Å²) in [6.07, 6.45) is 1.70. The standard InChI is InChI=1S/C14H14ClNO2/c1-17-13-4-2-11(3-5-13)10-18-14-8-12(9-15)6-7-16-14/h2-8H,9-10H2,1H3. The summed E-state index contributed by atoms with van der Waals surface area (Å²) >= 11 is 5.75. The highest BCUT2D eigenvalue weighted by atomic mass is 35.5. The van der Waals surface area contributed by atoms with Gasteiger partial charge in [-0.25, -0.2) is 4.98 Å². The molecule has 1 aromatic carbocycles. The van der Waals surface area contributed by atoms with Crippen LogP contribution in [0.5, 0.6) is 11.6 Å². The van der Waals surface area contributed by atoms with Gasteiger partial charge in [0.25, 0.3) is 0 Å². The lowest BCUT2D eigenvalue weighted by Crippen LogP contribution is -1.97. The van der Waals surface area contributed by atoms with Gasteiger partial charge in [-0.1, -0.05) is 12.1 Å². The third-order valence-electron chi connectivity index (χ3n) is 2.50. The first kappa shape index (κ1) is 12.7. The lowest BCUT2D eigenvalue weighted by molar-refractivity contribution is 0.293. The summed E-state index contributed by atoms with van der Waals surface area (Å²) in [6.45, 7) is 0.475. The molecule has 1 heterocycles. The van der Waals surface area contributed by atoms with Crippen molar-refractivity contribution in [3.05, 3.63) is 53.7 Å². The number of ether oxygens (including phenoxy) is 2. The lowest BCUT2D eigenvalue weighted by atomic mass is 10.2. The maximum absolute atomic E-state index is 5.75. The van der Waals surface area contributed by atoms with E-state index >= 15 is 0 Å². The molecule has 4 heteroatoms. The third-order valence-corrected chi connectivity index (χ3v) is 2.81. The molecule has 94 valence electrons. The van der Waals surface area contributed by atoms with Crippen LogP contribution in [0.15, 0.2) is 42.6 Å². The summed E-state index contributed by atoms with van der Waals surface area (Å²) in [5.41, 5.74) is 2.06. The summed E-state index contributed by atoms with van der Waals surface area (Å²) in [5, 5.41) is 0. The number of hydrogen-bond donors (Lipinski definition) is 0. The molecular weight excluding hydrogens is 250 g/mol. The second-order valence-electron chi connectivity index (χ2n) is 3.77. The number of nitrogens with zero attached hydrogens (tertiary/aromatic N) is 1. The van der Waals surface area contributed by atoms with Crippen molar-refractivity contribution in [1.82, 2.24) is 4.98 Å². The van der Waals surface area contributed by atoms with Gasteiger partial charge in [-0.05, 0) is 29.3 Å². The molecule has 18 heavy (non-hydrogen) atoms. The zero-order valence-corrected chi connectivity index (χ0v) is 10.9. The van der Waals surface area contributed by atoms with Crippen LogP contribution in [-0.2, 0) is 12.5 Å². The molecule has 0 N–H and O–H groups in total. The predicted octanol–water partition coefficient (Wildman–Crippen LogP) is 3.41. The molecular formula is C14H14ClNO2. The van der Waals surface area contributed by atoms with Gasteiger partial charge in [0.2, 0.25) is 5.88 Å². The Labute approximate surface area is 111 Å². The Morgan fingerprint density at radius 1 is 1.11 bits per heavy atom. The van der Waals surface area contributed by atoms with Crippen molar-refractivity contribution in [1.29, 1.82) is 0 Å². The number of pyridine rings is 1. The van der Waals surface area contributed by atoms with Crippen LogP contribution in [0.4, 0.5) is 0 Å². The summed E-state index contributed by atoms with van der Waals surface area (Å²) in [4.78, 5) is 4.13. The Morgan fingerprint density at radius 3 is 2.56 bits per heavy atom. The number of benzene rings is 1. The van der Waals surface area contributed by atoms with Crippen molar-refractivity contribution in [3.63, 3.8) is 0 Å². The molecule has 1 aromatic heterocycles. The second kappa shape index (κ2) is 6.26. The zero-order chi connectivity index (χ0) is 12.8. The van der Waals surface area contributed by atoms with E-state index < -0.39 is 0 Å². The molecule has 2 rings (SSSR count). The monoisotopic (exact) mass is 263 g/mol. The van der Waals surface area contributed by atoms with Crippen LogP contribution >= 0.6 is 11.6 Å². The van der Waals surface area contributed by atoms with Crippen molar-refractivity contribution < 1.29 is 9.47 Å². The van der Waals surface area contributed by atoms with Crippen LogP contribution in [0.25, 0.3) is 0 Å². The fraction of sp³-hybridized carbons (Fsp3) is 0.214. The largest absolute Gasteiger partial charge is 0.497 e. The number of aromatic nitrogens is 1. The van der Waals surface area contributed by atoms with Crippen LogP contribution in [-0.4, -0.2) is 12.1 Å². The average molecular weight is 264 g/mol. The number of halogens is 1. The van der Waals surface area contributed by atoms with Crippen LogP contribution in [0.1, 0.15) is 11.1 Å². The first-order valence-corrected chi connectivity index (χ1v) is 6.12. The molecule has 0 spiro atoms. The van der Waals surface area contributed by atoms with Gasteiger partial charge in [-0.2, -0.15) is 0 Å². The minimum atomic E-state index is 0.460. The van der Waals surface area contributed by atoms with E-state index in [1.165, 1.54) is 0 Å². The van der Waals surface area contributed by atoms with E-state index in [1.54, 1.807) is 13.3 Å². The third kappa shape index (κ3) is 3.37. The Hall–Kier alpha value is -1.74. The normalized spacial score (nSPS) is 10.1. The molecule has 0 bridgehead atoms. The number of alkyl halides is 1. The summed E-state index contributed by atoms with van der Waals surface area (Å²) in [5.74, 6) is 1.88. The molecule has 3 nitrogen and oxygen atoms in total. The van der Waals surface area contributed by atoms with E-state index in [0.717, 1.165) is 16.9 Å². The van der Waals surface area contributed by atoms with Gasteiger partial charge in [-0.15, -0.1) is 11.6 Å². The van der Waals surface area contributed by atoms with Gasteiger partial charge in [0, 0.05) is 18.1 Å². The van der Waals surface area contributed by atoms with Crippen molar-refractivity contribution in [3.8, 4) is 11.6 Å². The molecule has 0 aliphatic heterocycles. The smallest absolute Gasteiger partial charge is 0.213 e. The highest BCUT2D eigenvalue weighted by Gasteiger charge is 1.99. The van der Waals surface area contributed by atoms with Gasteiger partial charge >= 0.3 is 0 Å². The average Bonchev–Trinajstić information content (AvgIpc) is 2.46.